The van der Waals surface area contributed by atoms with E-state index in [0.29, 0.717) is 12.3 Å². The molecule has 5 heteroatoms. The van der Waals surface area contributed by atoms with Crippen LogP contribution in [0.15, 0.2) is 40.8 Å². The van der Waals surface area contributed by atoms with E-state index in [0.717, 1.165) is 25.1 Å². The normalized spacial score (nSPS) is 18.5. The number of piperazine rings is 1. The lowest BCUT2D eigenvalue weighted by molar-refractivity contribution is 0.0602. The van der Waals surface area contributed by atoms with Gasteiger partial charge in [0.25, 0.3) is 5.91 Å². The van der Waals surface area contributed by atoms with Crippen LogP contribution in [0.5, 0.6) is 0 Å². The average molecular weight is 319 g/mol. The van der Waals surface area contributed by atoms with Crippen LogP contribution in [0.1, 0.15) is 34.6 Å². The minimum atomic E-state index is -0.113. The molecule has 1 saturated heterocycles. The van der Waals surface area contributed by atoms with E-state index in [9.17, 15) is 4.79 Å². The number of rotatable bonds is 3. The number of halogens is 1. The smallest absolute Gasteiger partial charge is 0.290 e. The number of furan rings is 1. The first-order valence-corrected chi connectivity index (χ1v) is 7.92. The van der Waals surface area contributed by atoms with Gasteiger partial charge in [0, 0.05) is 19.6 Å². The van der Waals surface area contributed by atoms with Crippen molar-refractivity contribution in [2.75, 3.05) is 19.6 Å². The number of nitrogens with zero attached hydrogens (tertiary/aromatic N) is 1. The summed E-state index contributed by atoms with van der Waals surface area (Å²) in [5, 5.41) is 3.59. The lowest BCUT2D eigenvalue weighted by Crippen LogP contribution is -2.48. The summed E-state index contributed by atoms with van der Waals surface area (Å²) in [6.07, 6.45) is 1.01. The highest BCUT2D eigenvalue weighted by Crippen LogP contribution is 2.26. The molecule has 0 aliphatic carbocycles. The van der Waals surface area contributed by atoms with Gasteiger partial charge in [-0.15, -0.1) is 0 Å². The predicted octanol–water partition coefficient (Wildman–Crippen LogP) is 3.28. The number of hydrogen-bond acceptors (Lipinski definition) is 3. The second-order valence-electron chi connectivity index (χ2n) is 5.42. The highest BCUT2D eigenvalue weighted by atomic mass is 35.5. The van der Waals surface area contributed by atoms with E-state index in [2.05, 4.69) is 36.5 Å². The molecule has 0 bridgehead atoms. The summed E-state index contributed by atoms with van der Waals surface area (Å²) in [5.41, 5.74) is 2.43. The van der Waals surface area contributed by atoms with Gasteiger partial charge in [0.05, 0.1) is 6.04 Å². The van der Waals surface area contributed by atoms with Gasteiger partial charge >= 0.3 is 0 Å². The van der Waals surface area contributed by atoms with Gasteiger partial charge < -0.3 is 14.6 Å². The topological polar surface area (TPSA) is 45.5 Å². The molecule has 1 aliphatic heterocycles. The van der Waals surface area contributed by atoms with Crippen LogP contribution < -0.4 is 5.32 Å². The predicted molar refractivity (Wildman–Crippen MR) is 86.2 cm³/mol. The van der Waals surface area contributed by atoms with Crippen LogP contribution in [0.2, 0.25) is 5.22 Å². The van der Waals surface area contributed by atoms with Gasteiger partial charge in [-0.2, -0.15) is 0 Å². The summed E-state index contributed by atoms with van der Waals surface area (Å²) in [7, 11) is 0. The minimum absolute atomic E-state index is 0.0102. The lowest BCUT2D eigenvalue weighted by atomic mass is 10.0. The number of carbonyl (C=O) groups is 1. The fourth-order valence-corrected chi connectivity index (χ4v) is 2.94. The van der Waals surface area contributed by atoms with Gasteiger partial charge in [0.15, 0.2) is 11.0 Å². The summed E-state index contributed by atoms with van der Waals surface area (Å²) >= 11 is 5.78. The van der Waals surface area contributed by atoms with Gasteiger partial charge in [-0.3, -0.25) is 4.79 Å². The number of aryl methyl sites for hydroxylation is 1. The van der Waals surface area contributed by atoms with E-state index in [1.807, 2.05) is 4.90 Å². The second kappa shape index (κ2) is 6.55. The van der Waals surface area contributed by atoms with Crippen molar-refractivity contribution < 1.29 is 9.21 Å². The Bertz CT molecular complexity index is 651. The van der Waals surface area contributed by atoms with Crippen LogP contribution in [-0.2, 0) is 6.42 Å². The van der Waals surface area contributed by atoms with E-state index in [4.69, 9.17) is 16.0 Å². The van der Waals surface area contributed by atoms with Gasteiger partial charge in [-0.25, -0.2) is 0 Å². The van der Waals surface area contributed by atoms with Crippen molar-refractivity contribution >= 4 is 17.5 Å². The first-order valence-electron chi connectivity index (χ1n) is 7.55. The van der Waals surface area contributed by atoms with Crippen molar-refractivity contribution in [2.45, 2.75) is 19.4 Å². The van der Waals surface area contributed by atoms with Crippen molar-refractivity contribution in [2.24, 2.45) is 0 Å². The molecule has 4 nitrogen and oxygen atoms in total. The molecule has 2 aromatic rings. The number of amides is 1. The zero-order valence-electron chi connectivity index (χ0n) is 12.5. The highest BCUT2D eigenvalue weighted by Gasteiger charge is 2.30. The fourth-order valence-electron chi connectivity index (χ4n) is 2.79. The Balaban J connectivity index is 1.85. The van der Waals surface area contributed by atoms with Gasteiger partial charge in [0.1, 0.15) is 0 Å². The Labute approximate surface area is 135 Å². The van der Waals surface area contributed by atoms with Crippen molar-refractivity contribution in [1.82, 2.24) is 10.2 Å². The fraction of sp³-hybridized carbons (Fsp3) is 0.353. The molecule has 3 rings (SSSR count). The monoisotopic (exact) mass is 318 g/mol. The van der Waals surface area contributed by atoms with Crippen molar-refractivity contribution in [3.63, 3.8) is 0 Å². The molecule has 22 heavy (non-hydrogen) atoms. The van der Waals surface area contributed by atoms with E-state index in [-0.39, 0.29) is 17.2 Å². The van der Waals surface area contributed by atoms with E-state index in [1.54, 1.807) is 12.1 Å². The van der Waals surface area contributed by atoms with E-state index >= 15 is 0 Å². The zero-order valence-corrected chi connectivity index (χ0v) is 13.3. The summed E-state index contributed by atoms with van der Waals surface area (Å²) in [5.74, 6) is 0.181. The molecular formula is C17H19ClN2O2. The Morgan fingerprint density at radius 3 is 2.73 bits per heavy atom. The summed E-state index contributed by atoms with van der Waals surface area (Å²) in [6.45, 7) is 4.31. The molecule has 1 fully saturated rings. The number of nitrogens with one attached hydrogen (secondary N) is 1. The first kappa shape index (κ1) is 15.1. The van der Waals surface area contributed by atoms with Crippen LogP contribution >= 0.6 is 11.6 Å². The maximum atomic E-state index is 12.7. The third kappa shape index (κ3) is 3.03. The Hall–Kier alpha value is -1.78. The number of hydrogen-bond donors (Lipinski definition) is 1. The third-order valence-corrected chi connectivity index (χ3v) is 4.26. The Kier molecular flexibility index (Phi) is 4.50. The SMILES string of the molecule is CCc1ccc(C2CNCCN2C(=O)c2ccc(Cl)o2)cc1. The zero-order chi connectivity index (χ0) is 15.5. The highest BCUT2D eigenvalue weighted by molar-refractivity contribution is 6.29. The number of benzene rings is 1. The summed E-state index contributed by atoms with van der Waals surface area (Å²) in [4.78, 5) is 14.5. The van der Waals surface area contributed by atoms with Crippen LogP contribution in [0.25, 0.3) is 0 Å². The molecule has 1 N–H and O–H groups in total. The molecule has 116 valence electrons. The van der Waals surface area contributed by atoms with Crippen LogP contribution in [0.3, 0.4) is 0 Å². The Morgan fingerprint density at radius 1 is 1.32 bits per heavy atom. The molecular weight excluding hydrogens is 300 g/mol. The molecule has 0 radical (unpaired) electrons. The van der Waals surface area contributed by atoms with Crippen molar-refractivity contribution in [1.29, 1.82) is 0 Å². The molecule has 2 heterocycles. The van der Waals surface area contributed by atoms with Gasteiger partial charge in [-0.1, -0.05) is 31.2 Å². The Morgan fingerprint density at radius 2 is 2.09 bits per heavy atom. The molecule has 0 spiro atoms. The quantitative estimate of drug-likeness (QED) is 0.944. The molecule has 1 aromatic carbocycles. The first-order chi connectivity index (χ1) is 10.7. The largest absolute Gasteiger partial charge is 0.440 e. The van der Waals surface area contributed by atoms with Gasteiger partial charge in [0.2, 0.25) is 0 Å². The van der Waals surface area contributed by atoms with E-state index in [1.165, 1.54) is 5.56 Å². The van der Waals surface area contributed by atoms with Crippen LogP contribution in [0.4, 0.5) is 0 Å². The molecule has 1 amide bonds. The second-order valence-corrected chi connectivity index (χ2v) is 5.79. The lowest BCUT2D eigenvalue weighted by Gasteiger charge is -2.36. The summed E-state index contributed by atoms with van der Waals surface area (Å²) < 4.78 is 5.27. The molecule has 0 saturated carbocycles. The maximum absolute atomic E-state index is 12.7. The summed E-state index contributed by atoms with van der Waals surface area (Å²) in [6, 6.07) is 11.7. The third-order valence-electron chi connectivity index (χ3n) is 4.06. The molecule has 1 aliphatic rings. The standard InChI is InChI=1S/C17H19ClN2O2/c1-2-12-3-5-13(6-4-12)14-11-19-9-10-20(14)17(21)15-7-8-16(18)22-15/h3-8,14,19H,2,9-11H2,1H3. The van der Waals surface area contributed by atoms with Crippen molar-refractivity contribution in [3.8, 4) is 0 Å². The average Bonchev–Trinajstić information content (AvgIpc) is 3.01. The molecule has 1 aromatic heterocycles. The maximum Gasteiger partial charge on any atom is 0.290 e. The van der Waals surface area contributed by atoms with Crippen LogP contribution in [0, 0.1) is 0 Å². The van der Waals surface area contributed by atoms with Crippen LogP contribution in [-0.4, -0.2) is 30.4 Å². The van der Waals surface area contributed by atoms with Crippen molar-refractivity contribution in [3.05, 3.63) is 58.5 Å². The van der Waals surface area contributed by atoms with Gasteiger partial charge in [-0.05, 0) is 41.3 Å². The van der Waals surface area contributed by atoms with E-state index < -0.39 is 0 Å². The molecule has 1 atom stereocenters. The minimum Gasteiger partial charge on any atom is -0.440 e. The number of carbonyl (C=O) groups excluding carboxylic acids is 1. The molecule has 1 unspecified atom stereocenters.